The van der Waals surface area contributed by atoms with E-state index in [-0.39, 0.29) is 100 Å². The highest BCUT2D eigenvalue weighted by Crippen LogP contribution is 2.60. The maximum atomic E-state index is 14.1. The number of ether oxygens (including phenoxy) is 11. The molecule has 117 heavy (non-hydrogen) atoms. The predicted octanol–water partition coefficient (Wildman–Crippen LogP) is 4.26. The SMILES string of the molecule is COCCOCCOCCOCCOCCOCCOCCOCCC(=O)N[C@@H](CCCCN1C(=O)C=CC1=O)C(=O)N[C@H](C(=O)N[C@@H](C)C(=O)Nc1ccc(COC(=O)N(C)Cc2ccccc2C(=O)Nc2nc3c(ncn3[C@@H]3O[C@H]4CO[P@@](=O)(S)O[C@H]5C[C@H](Oc6ccncn6)C[C@@H]5CO[P@@](=O)(S)O[C@@H]3[C@@H]4O)c(=O)[nH]2)cc1)C(C)C. The van der Waals surface area contributed by atoms with E-state index < -0.39 is 140 Å². The highest BCUT2D eigenvalue weighted by Gasteiger charge is 2.51. The van der Waals surface area contributed by atoms with E-state index in [9.17, 15) is 57.4 Å². The molecule has 4 aliphatic rings. The molecular weight excluding hydrogens is 1620 g/mol. The number of aromatic amines is 1. The fourth-order valence-corrected chi connectivity index (χ4v) is 15.4. The number of aliphatic hydroxyl groups is 1. The van der Waals surface area contributed by atoms with Crippen molar-refractivity contribution in [3.8, 4) is 5.88 Å². The molecule has 3 fully saturated rings. The van der Waals surface area contributed by atoms with Gasteiger partial charge in [-0.15, -0.1) is 0 Å². The highest BCUT2D eigenvalue weighted by molar-refractivity contribution is 8.44. The Morgan fingerprint density at radius 1 is 0.709 bits per heavy atom. The second-order valence-electron chi connectivity index (χ2n) is 27.5. The molecule has 3 aliphatic heterocycles. The summed E-state index contributed by atoms with van der Waals surface area (Å²) in [4.78, 5) is 142. The Bertz CT molecular complexity index is 4270. The minimum Gasteiger partial charge on any atom is -0.474 e. The average Bonchev–Trinajstić information content (AvgIpc) is 1.61. The Morgan fingerprint density at radius 2 is 1.33 bits per heavy atom. The van der Waals surface area contributed by atoms with Crippen LogP contribution in [-0.2, 0) is 117 Å². The van der Waals surface area contributed by atoms with Gasteiger partial charge in [0.05, 0.1) is 125 Å². The summed E-state index contributed by atoms with van der Waals surface area (Å²) in [6, 6.07) is 10.7. The van der Waals surface area contributed by atoms with Crippen LogP contribution in [0.4, 0.5) is 16.4 Å². The largest absolute Gasteiger partial charge is 0.474 e. The Labute approximate surface area is 684 Å². The van der Waals surface area contributed by atoms with Crippen LogP contribution in [0.25, 0.3) is 11.2 Å². The topological polar surface area (TPSA) is 485 Å². The first-order chi connectivity index (χ1) is 56.2. The van der Waals surface area contributed by atoms with Crippen molar-refractivity contribution < 1.29 is 123 Å². The number of nitrogens with zero attached hydrogens (tertiary/aromatic N) is 7. The molecule has 8 amide bonds. The zero-order chi connectivity index (χ0) is 83.9. The third-order valence-electron chi connectivity index (χ3n) is 18.4. The normalized spacial score (nSPS) is 22.1. The van der Waals surface area contributed by atoms with Gasteiger partial charge in [0.2, 0.25) is 35.5 Å². The zero-order valence-electron chi connectivity index (χ0n) is 65.3. The molecule has 0 unspecified atom stereocenters. The number of unbranched alkanes of at least 4 members (excludes halogenated alkanes) is 1. The number of aliphatic hydroxyl groups excluding tert-OH is 1. The number of aromatic nitrogens is 6. The first kappa shape index (κ1) is 92.6. The van der Waals surface area contributed by atoms with E-state index >= 15 is 0 Å². The van der Waals surface area contributed by atoms with Gasteiger partial charge in [0, 0.05) is 81.7 Å². The monoisotopic (exact) mass is 1720 g/mol. The van der Waals surface area contributed by atoms with Crippen molar-refractivity contribution in [1.29, 1.82) is 0 Å². The molecule has 3 aromatic heterocycles. The van der Waals surface area contributed by atoms with Crippen LogP contribution in [0.5, 0.6) is 5.88 Å². The van der Waals surface area contributed by atoms with Gasteiger partial charge in [0.15, 0.2) is 17.4 Å². The summed E-state index contributed by atoms with van der Waals surface area (Å²) in [7, 11) is 3.06. The molecule has 44 heteroatoms. The number of H-pyrrole nitrogens is 1. The lowest BCUT2D eigenvalue weighted by atomic mass is 10.0. The standard InChI is InChI=1S/C73H101N13O27P2S2/c1-46(2)61(80-68(93)54(12-8-9-22-85-59(88)17-18-60(85)89)79-57(87)20-23-100-26-27-102-30-31-104-34-35-106-37-36-105-33-32-103-29-28-101-25-24-99-5)69(94)77-47(3)66(91)78-51-15-13-48(14-16-51)41-107-73(96)84(4)40-49-10-6-7-11-53(49)67(92)82-72-81-65-62(70(95)83-72)76-45-86(65)71-64-63(90)56(111-71)43-109-114(97,116)112-55-39-52(110-58-19-21-74-44-75-58)38-50(55)42-108-115(98,117)113-64/h6-7,10-11,13-19,21,44-47,50,52,54-56,61,63-64,71,90H,8-9,12,20,22-43H2,1-5H3,(H,77,94)(H,78,91)(H,79,87)(H,80,93)(H,97,116)(H,98,117)(H2,81,82,83,92,95)/t47-,50+,52+,54-,55-,56-,61-,63+,64+,71+,114+,115+/m0/s1. The molecule has 7 N–H and O–H groups in total. The summed E-state index contributed by atoms with van der Waals surface area (Å²) in [5.41, 5.74) is 0.00493. The van der Waals surface area contributed by atoms with Crippen LogP contribution in [0.2, 0.25) is 0 Å². The number of fused-ring (bicyclic) bond motifs is 4. The third-order valence-corrected chi connectivity index (χ3v) is 21.7. The lowest BCUT2D eigenvalue weighted by Crippen LogP contribution is -2.57. The number of imidazole rings is 1. The Kier molecular flexibility index (Phi) is 37.2. The number of nitrogens with one attached hydrogen (secondary N) is 6. The lowest BCUT2D eigenvalue weighted by Gasteiger charge is -2.26. The zero-order valence-corrected chi connectivity index (χ0v) is 68.9. The molecule has 1 saturated carbocycles. The number of benzene rings is 2. The molecule has 1 aliphatic carbocycles. The summed E-state index contributed by atoms with van der Waals surface area (Å²) in [5, 5.41) is 25.1. The van der Waals surface area contributed by atoms with Crippen molar-refractivity contribution in [3.63, 3.8) is 0 Å². The van der Waals surface area contributed by atoms with Crippen LogP contribution in [-0.4, -0.2) is 274 Å². The summed E-state index contributed by atoms with van der Waals surface area (Å²) in [6.07, 6.45) is -0.879. The average molecular weight is 1720 g/mol. The summed E-state index contributed by atoms with van der Waals surface area (Å²) in [6.45, 7) is 0.607. The maximum absolute atomic E-state index is 14.1. The summed E-state index contributed by atoms with van der Waals surface area (Å²) < 4.78 is 113. The van der Waals surface area contributed by atoms with E-state index in [1.165, 1.54) is 54.2 Å². The fraction of sp³-hybridized carbons (Fsp3) is 0.575. The summed E-state index contributed by atoms with van der Waals surface area (Å²) >= 11 is 8.45. The van der Waals surface area contributed by atoms with Crippen LogP contribution < -0.4 is 36.9 Å². The molecule has 12 atom stereocenters. The van der Waals surface area contributed by atoms with E-state index in [4.69, 9.17) is 70.2 Å². The van der Waals surface area contributed by atoms with Crippen LogP contribution >= 0.6 is 38.1 Å². The molecule has 5 aromatic rings. The molecule has 0 radical (unpaired) electrons. The molecule has 0 spiro atoms. The summed E-state index contributed by atoms with van der Waals surface area (Å²) in [5.74, 6) is -5.36. The van der Waals surface area contributed by atoms with Crippen molar-refractivity contribution >= 4 is 108 Å². The van der Waals surface area contributed by atoms with E-state index in [2.05, 4.69) is 76.0 Å². The van der Waals surface area contributed by atoms with Gasteiger partial charge in [-0.2, -0.15) is 4.98 Å². The lowest BCUT2D eigenvalue weighted by molar-refractivity contribution is -0.137. The van der Waals surface area contributed by atoms with E-state index in [1.807, 2.05) is 0 Å². The Balaban J connectivity index is 0.699. The third kappa shape index (κ3) is 29.6. The molecule has 6 heterocycles. The maximum Gasteiger partial charge on any atom is 0.410 e. The van der Waals surface area contributed by atoms with Gasteiger partial charge in [-0.1, -0.05) is 68.7 Å². The van der Waals surface area contributed by atoms with E-state index in [1.54, 1.807) is 69.5 Å². The molecular formula is C73H101N13O27P2S2. The first-order valence-electron chi connectivity index (χ1n) is 37.9. The van der Waals surface area contributed by atoms with Crippen LogP contribution in [0.3, 0.4) is 0 Å². The van der Waals surface area contributed by atoms with Gasteiger partial charge in [0.25, 0.3) is 23.3 Å². The van der Waals surface area contributed by atoms with Gasteiger partial charge in [-0.3, -0.25) is 71.7 Å². The minimum atomic E-state index is -4.40. The van der Waals surface area contributed by atoms with Crippen molar-refractivity contribution in [1.82, 2.24) is 55.2 Å². The van der Waals surface area contributed by atoms with Gasteiger partial charge in [-0.25, -0.2) is 28.9 Å². The second kappa shape index (κ2) is 46.9. The number of methoxy groups -OCH3 is 1. The fourth-order valence-electron chi connectivity index (χ4n) is 12.3. The van der Waals surface area contributed by atoms with Crippen molar-refractivity contribution in [2.45, 2.75) is 127 Å². The number of rotatable bonds is 46. The van der Waals surface area contributed by atoms with Crippen molar-refractivity contribution in [3.05, 3.63) is 113 Å². The molecule has 642 valence electrons. The highest BCUT2D eigenvalue weighted by atomic mass is 32.7. The smallest absolute Gasteiger partial charge is 0.410 e. The van der Waals surface area contributed by atoms with Crippen molar-refractivity contribution in [2.24, 2.45) is 11.8 Å². The molecule has 40 nitrogen and oxygen atoms in total. The number of anilines is 2. The quantitative estimate of drug-likeness (QED) is 0.0114. The van der Waals surface area contributed by atoms with Crippen LogP contribution in [0.15, 0.2) is 90.4 Å². The minimum absolute atomic E-state index is 0.00280. The van der Waals surface area contributed by atoms with Crippen LogP contribution in [0.1, 0.15) is 87.0 Å². The second-order valence-corrected chi connectivity index (χ2v) is 33.3. The number of carbonyl (C=O) groups is 8. The number of hydrogen-bond donors (Lipinski definition) is 9. The Morgan fingerprint density at radius 3 is 1.97 bits per heavy atom. The number of imide groups is 1. The number of thiol groups is 2. The van der Waals surface area contributed by atoms with Gasteiger partial charge < -0.3 is 87.9 Å². The molecule has 9 rings (SSSR count). The Hall–Kier alpha value is -8.23. The molecule has 2 bridgehead atoms. The van der Waals surface area contributed by atoms with E-state index in [0.717, 1.165) is 11.2 Å². The molecule has 2 saturated heterocycles. The van der Waals surface area contributed by atoms with E-state index in [0.29, 0.717) is 109 Å². The predicted molar refractivity (Wildman–Crippen MR) is 421 cm³/mol. The number of hydrogen-bond acceptors (Lipinski definition) is 31. The number of carbonyl (C=O) groups excluding carboxylic acids is 8. The first-order valence-corrected chi connectivity index (χ1v) is 43.3. The van der Waals surface area contributed by atoms with Crippen LogP contribution in [0, 0.1) is 11.8 Å². The van der Waals surface area contributed by atoms with Gasteiger partial charge in [-0.05, 0) is 67.9 Å². The van der Waals surface area contributed by atoms with Gasteiger partial charge in [0.1, 0.15) is 55.5 Å². The van der Waals surface area contributed by atoms with Gasteiger partial charge >= 0.3 is 19.7 Å². The van der Waals surface area contributed by atoms with Crippen molar-refractivity contribution in [2.75, 3.05) is 144 Å². The molecule has 2 aromatic carbocycles. The number of amides is 8.